The molecule has 0 spiro atoms. The zero-order valence-electron chi connectivity index (χ0n) is 10.2. The smallest absolute Gasteiger partial charge is 0.197 e. The van der Waals surface area contributed by atoms with Crippen LogP contribution in [-0.2, 0) is 6.42 Å². The lowest BCUT2D eigenvalue weighted by atomic mass is 10.1. The third kappa shape index (κ3) is 2.48. The molecule has 0 saturated heterocycles. The summed E-state index contributed by atoms with van der Waals surface area (Å²) in [5.41, 5.74) is 8.52. The Labute approximate surface area is 109 Å². The van der Waals surface area contributed by atoms with Gasteiger partial charge in [0.25, 0.3) is 0 Å². The molecule has 0 fully saturated rings. The number of hydrogen-bond acceptors (Lipinski definition) is 3. The van der Waals surface area contributed by atoms with Crippen molar-refractivity contribution in [3.05, 3.63) is 65.8 Å². The Balaban J connectivity index is 1.82. The van der Waals surface area contributed by atoms with Crippen LogP contribution in [0.1, 0.15) is 17.5 Å². The molecule has 1 atom stereocenters. The van der Waals surface area contributed by atoms with Gasteiger partial charge in [-0.3, -0.25) is 0 Å². The van der Waals surface area contributed by atoms with Crippen LogP contribution >= 0.6 is 0 Å². The molecule has 4 heteroatoms. The van der Waals surface area contributed by atoms with Crippen LogP contribution in [0.2, 0.25) is 0 Å². The zero-order chi connectivity index (χ0) is 13.2. The monoisotopic (exact) mass is 256 g/mol. The molecule has 0 saturated carbocycles. The van der Waals surface area contributed by atoms with Crippen molar-refractivity contribution in [1.29, 1.82) is 0 Å². The molecule has 96 valence electrons. The second kappa shape index (κ2) is 4.82. The highest BCUT2D eigenvalue weighted by Gasteiger charge is 2.12. The first-order valence-electron chi connectivity index (χ1n) is 6.08. The number of rotatable bonds is 3. The van der Waals surface area contributed by atoms with E-state index >= 15 is 0 Å². The van der Waals surface area contributed by atoms with Gasteiger partial charge in [-0.05, 0) is 29.8 Å². The van der Waals surface area contributed by atoms with Crippen LogP contribution in [0.3, 0.4) is 0 Å². The molecule has 2 N–H and O–H groups in total. The molecule has 0 bridgehead atoms. The molecule has 0 aliphatic carbocycles. The van der Waals surface area contributed by atoms with Crippen molar-refractivity contribution in [3.8, 4) is 0 Å². The molecule has 1 unspecified atom stereocenters. The summed E-state index contributed by atoms with van der Waals surface area (Å²) in [6, 6.07) is 13.5. The van der Waals surface area contributed by atoms with Crippen LogP contribution in [0, 0.1) is 5.82 Å². The lowest BCUT2D eigenvalue weighted by Crippen LogP contribution is -2.13. The van der Waals surface area contributed by atoms with E-state index in [2.05, 4.69) is 4.98 Å². The Hall–Kier alpha value is -2.20. The van der Waals surface area contributed by atoms with Gasteiger partial charge >= 0.3 is 0 Å². The number of benzene rings is 2. The molecule has 3 nitrogen and oxygen atoms in total. The number of aromatic nitrogens is 1. The highest BCUT2D eigenvalue weighted by molar-refractivity contribution is 5.72. The van der Waals surface area contributed by atoms with Crippen molar-refractivity contribution in [2.45, 2.75) is 12.5 Å². The molecular formula is C15H13FN2O. The van der Waals surface area contributed by atoms with E-state index in [0.29, 0.717) is 12.3 Å². The molecule has 0 radical (unpaired) electrons. The number of nitrogens with two attached hydrogens (primary N) is 1. The van der Waals surface area contributed by atoms with Crippen LogP contribution in [0.25, 0.3) is 11.1 Å². The Morgan fingerprint density at radius 3 is 2.58 bits per heavy atom. The van der Waals surface area contributed by atoms with Crippen LogP contribution < -0.4 is 5.73 Å². The molecular weight excluding hydrogens is 243 g/mol. The van der Waals surface area contributed by atoms with Gasteiger partial charge in [0.2, 0.25) is 0 Å². The molecule has 0 aliphatic rings. The predicted molar refractivity (Wildman–Crippen MR) is 71.0 cm³/mol. The topological polar surface area (TPSA) is 52.0 Å². The molecule has 0 amide bonds. The van der Waals surface area contributed by atoms with Crippen molar-refractivity contribution < 1.29 is 8.81 Å². The number of fused-ring (bicyclic) bond motifs is 1. The molecule has 2 aromatic carbocycles. The summed E-state index contributed by atoms with van der Waals surface area (Å²) in [5, 5.41) is 0. The lowest BCUT2D eigenvalue weighted by molar-refractivity contribution is 0.502. The van der Waals surface area contributed by atoms with Crippen LogP contribution in [0.15, 0.2) is 52.9 Å². The van der Waals surface area contributed by atoms with Crippen molar-refractivity contribution in [3.63, 3.8) is 0 Å². The maximum Gasteiger partial charge on any atom is 0.197 e. The molecule has 19 heavy (non-hydrogen) atoms. The molecule has 1 heterocycles. The minimum absolute atomic E-state index is 0.256. The molecule has 3 rings (SSSR count). The summed E-state index contributed by atoms with van der Waals surface area (Å²) in [5.74, 6) is 0.329. The number of nitrogens with zero attached hydrogens (tertiary/aromatic N) is 1. The van der Waals surface area contributed by atoms with Crippen LogP contribution in [0.5, 0.6) is 0 Å². The van der Waals surface area contributed by atoms with Gasteiger partial charge in [0.1, 0.15) is 11.3 Å². The van der Waals surface area contributed by atoms with Crippen molar-refractivity contribution in [1.82, 2.24) is 4.98 Å². The highest BCUT2D eigenvalue weighted by atomic mass is 19.1. The Morgan fingerprint density at radius 2 is 1.84 bits per heavy atom. The van der Waals surface area contributed by atoms with Gasteiger partial charge in [-0.15, -0.1) is 0 Å². The van der Waals surface area contributed by atoms with E-state index in [4.69, 9.17) is 10.2 Å². The second-order valence-corrected chi connectivity index (χ2v) is 4.44. The van der Waals surface area contributed by atoms with Crippen molar-refractivity contribution in [2.75, 3.05) is 0 Å². The summed E-state index contributed by atoms with van der Waals surface area (Å²) >= 11 is 0. The largest absolute Gasteiger partial charge is 0.441 e. The average Bonchev–Trinajstić information content (AvgIpc) is 2.81. The minimum atomic E-state index is -0.266. The van der Waals surface area contributed by atoms with Gasteiger partial charge in [-0.25, -0.2) is 9.37 Å². The zero-order valence-corrected chi connectivity index (χ0v) is 10.2. The Morgan fingerprint density at radius 1 is 1.11 bits per heavy atom. The Kier molecular flexibility index (Phi) is 3.01. The third-order valence-corrected chi connectivity index (χ3v) is 3.03. The van der Waals surface area contributed by atoms with Gasteiger partial charge in [0.05, 0.1) is 0 Å². The first-order valence-corrected chi connectivity index (χ1v) is 6.08. The van der Waals surface area contributed by atoms with E-state index in [9.17, 15) is 4.39 Å². The number of para-hydroxylation sites is 2. The summed E-state index contributed by atoms with van der Waals surface area (Å²) < 4.78 is 18.5. The Bertz CT molecular complexity index is 658. The van der Waals surface area contributed by atoms with Gasteiger partial charge in [0.15, 0.2) is 11.5 Å². The van der Waals surface area contributed by atoms with E-state index in [1.165, 1.54) is 12.1 Å². The first-order chi connectivity index (χ1) is 9.22. The van der Waals surface area contributed by atoms with Crippen LogP contribution in [0.4, 0.5) is 4.39 Å². The average molecular weight is 256 g/mol. The van der Waals surface area contributed by atoms with Gasteiger partial charge in [0, 0.05) is 12.5 Å². The SMILES string of the molecule is NC(Cc1nc2ccccc2o1)c1ccc(F)cc1. The van der Waals surface area contributed by atoms with Gasteiger partial charge < -0.3 is 10.2 Å². The lowest BCUT2D eigenvalue weighted by Gasteiger charge is -2.09. The van der Waals surface area contributed by atoms with Gasteiger partial charge in [-0.2, -0.15) is 0 Å². The second-order valence-electron chi connectivity index (χ2n) is 4.44. The van der Waals surface area contributed by atoms with E-state index < -0.39 is 0 Å². The van der Waals surface area contributed by atoms with E-state index in [0.717, 1.165) is 16.7 Å². The van der Waals surface area contributed by atoms with E-state index in [-0.39, 0.29) is 11.9 Å². The summed E-state index contributed by atoms with van der Waals surface area (Å²) in [6.07, 6.45) is 0.486. The fourth-order valence-electron chi connectivity index (χ4n) is 2.02. The molecule has 0 aliphatic heterocycles. The summed E-state index contributed by atoms with van der Waals surface area (Å²) in [4.78, 5) is 4.38. The fourth-order valence-corrected chi connectivity index (χ4v) is 2.02. The fraction of sp³-hybridized carbons (Fsp3) is 0.133. The van der Waals surface area contributed by atoms with E-state index in [1.807, 2.05) is 24.3 Å². The van der Waals surface area contributed by atoms with Crippen LogP contribution in [-0.4, -0.2) is 4.98 Å². The summed E-state index contributed by atoms with van der Waals surface area (Å²) in [7, 11) is 0. The molecule has 3 aromatic rings. The van der Waals surface area contributed by atoms with Crippen molar-refractivity contribution in [2.24, 2.45) is 5.73 Å². The minimum Gasteiger partial charge on any atom is -0.441 e. The first kappa shape index (κ1) is 11.9. The third-order valence-electron chi connectivity index (χ3n) is 3.03. The normalized spacial score (nSPS) is 12.7. The number of oxazole rings is 1. The van der Waals surface area contributed by atoms with Gasteiger partial charge in [-0.1, -0.05) is 24.3 Å². The maximum atomic E-state index is 12.8. The molecule has 1 aromatic heterocycles. The van der Waals surface area contributed by atoms with E-state index in [1.54, 1.807) is 12.1 Å². The number of halogens is 1. The van der Waals surface area contributed by atoms with Crippen molar-refractivity contribution >= 4 is 11.1 Å². The predicted octanol–water partition coefficient (Wildman–Crippen LogP) is 3.21. The number of hydrogen-bond donors (Lipinski definition) is 1. The summed E-state index contributed by atoms with van der Waals surface area (Å²) in [6.45, 7) is 0. The maximum absolute atomic E-state index is 12.8. The highest BCUT2D eigenvalue weighted by Crippen LogP contribution is 2.20. The quantitative estimate of drug-likeness (QED) is 0.782. The standard InChI is InChI=1S/C15H13FN2O/c16-11-7-5-10(6-8-11)12(17)9-15-18-13-3-1-2-4-14(13)19-15/h1-8,12H,9,17H2.